The van der Waals surface area contributed by atoms with Gasteiger partial charge in [0.15, 0.2) is 0 Å². The Labute approximate surface area is 77.4 Å². The second kappa shape index (κ2) is 4.16. The molecule has 1 amide bonds. The monoisotopic (exact) mass is 181 g/mol. The Balaban J connectivity index is 2.66. The molecule has 1 aromatic rings. The highest BCUT2D eigenvalue weighted by atomic mass is 32.1. The van der Waals surface area contributed by atoms with Crippen LogP contribution in [0.1, 0.15) is 17.3 Å². The van der Waals surface area contributed by atoms with Gasteiger partial charge >= 0.3 is 0 Å². The normalized spacial score (nSPS) is 12.2. The number of nitrogens with one attached hydrogen (secondary N) is 1. The van der Waals surface area contributed by atoms with Gasteiger partial charge in [-0.3, -0.25) is 4.79 Å². The van der Waals surface area contributed by atoms with E-state index >= 15 is 0 Å². The van der Waals surface area contributed by atoms with Crippen molar-refractivity contribution in [2.24, 2.45) is 0 Å². The first-order valence-electron chi connectivity index (χ1n) is 3.74. The molecule has 0 radical (unpaired) electrons. The van der Waals surface area contributed by atoms with Gasteiger partial charge < -0.3 is 5.32 Å². The van der Waals surface area contributed by atoms with E-state index in [2.05, 4.69) is 17.9 Å². The van der Waals surface area contributed by atoms with Crippen LogP contribution in [-0.4, -0.2) is 11.3 Å². The number of benzene rings is 1. The summed E-state index contributed by atoms with van der Waals surface area (Å²) in [5, 5.41) is 2.57. The summed E-state index contributed by atoms with van der Waals surface area (Å²) in [5.41, 5.74) is 0.665. The van der Waals surface area contributed by atoms with Crippen LogP contribution in [0, 0.1) is 0 Å². The Hall–Kier alpha value is -0.960. The molecule has 0 aliphatic rings. The zero-order valence-corrected chi connectivity index (χ0v) is 7.71. The van der Waals surface area contributed by atoms with Crippen molar-refractivity contribution in [2.75, 3.05) is 0 Å². The average Bonchev–Trinajstić information content (AvgIpc) is 2.05. The van der Waals surface area contributed by atoms with Crippen molar-refractivity contribution in [3.05, 3.63) is 35.9 Å². The second-order valence-corrected chi connectivity index (χ2v) is 3.29. The van der Waals surface area contributed by atoms with E-state index in [0.717, 1.165) is 0 Å². The summed E-state index contributed by atoms with van der Waals surface area (Å²) in [4.78, 5) is 11.3. The SMILES string of the molecule is CC(S)NC(=O)c1ccccc1. The van der Waals surface area contributed by atoms with Crippen LogP contribution in [0.15, 0.2) is 30.3 Å². The highest BCUT2D eigenvalue weighted by Gasteiger charge is 2.04. The Morgan fingerprint density at radius 1 is 1.42 bits per heavy atom. The van der Waals surface area contributed by atoms with Gasteiger partial charge in [-0.25, -0.2) is 0 Å². The molecule has 0 aliphatic heterocycles. The van der Waals surface area contributed by atoms with E-state index in [0.29, 0.717) is 5.56 Å². The summed E-state index contributed by atoms with van der Waals surface area (Å²) < 4.78 is 0. The highest BCUT2D eigenvalue weighted by Crippen LogP contribution is 1.99. The Bertz CT molecular complexity index is 258. The van der Waals surface area contributed by atoms with Gasteiger partial charge in [-0.15, -0.1) is 0 Å². The fraction of sp³-hybridized carbons (Fsp3) is 0.222. The molecule has 0 fully saturated rings. The number of hydrogen-bond donors (Lipinski definition) is 2. The summed E-state index contributed by atoms with van der Waals surface area (Å²) in [5.74, 6) is -0.0851. The van der Waals surface area contributed by atoms with Crippen molar-refractivity contribution in [1.82, 2.24) is 5.32 Å². The molecular weight excluding hydrogens is 170 g/mol. The van der Waals surface area contributed by atoms with Gasteiger partial charge in [-0.05, 0) is 19.1 Å². The summed E-state index contributed by atoms with van der Waals surface area (Å²) in [6, 6.07) is 9.08. The summed E-state index contributed by atoms with van der Waals surface area (Å²) in [7, 11) is 0. The van der Waals surface area contributed by atoms with E-state index in [4.69, 9.17) is 0 Å². The first-order chi connectivity index (χ1) is 5.70. The zero-order valence-electron chi connectivity index (χ0n) is 6.82. The molecule has 1 aromatic carbocycles. The van der Waals surface area contributed by atoms with Crippen LogP contribution in [0.2, 0.25) is 0 Å². The van der Waals surface area contributed by atoms with Gasteiger partial charge in [0.25, 0.3) is 5.91 Å². The Morgan fingerprint density at radius 2 is 2.00 bits per heavy atom. The first-order valence-corrected chi connectivity index (χ1v) is 4.26. The number of amides is 1. The number of carbonyl (C=O) groups is 1. The van der Waals surface area contributed by atoms with Crippen molar-refractivity contribution in [3.63, 3.8) is 0 Å². The molecule has 0 saturated heterocycles. The molecule has 1 rings (SSSR count). The van der Waals surface area contributed by atoms with Crippen LogP contribution in [0.3, 0.4) is 0 Å². The molecule has 1 N–H and O–H groups in total. The van der Waals surface area contributed by atoms with Gasteiger partial charge in [-0.1, -0.05) is 18.2 Å². The highest BCUT2D eigenvalue weighted by molar-refractivity contribution is 7.80. The lowest BCUT2D eigenvalue weighted by Gasteiger charge is -2.06. The lowest BCUT2D eigenvalue weighted by atomic mass is 10.2. The lowest BCUT2D eigenvalue weighted by Crippen LogP contribution is -2.28. The minimum atomic E-state index is -0.113. The van der Waals surface area contributed by atoms with Crippen LogP contribution in [0.4, 0.5) is 0 Å². The molecule has 1 unspecified atom stereocenters. The smallest absolute Gasteiger partial charge is 0.252 e. The van der Waals surface area contributed by atoms with Gasteiger partial charge in [0.1, 0.15) is 0 Å². The van der Waals surface area contributed by atoms with Crippen molar-refractivity contribution < 1.29 is 4.79 Å². The standard InChI is InChI=1S/C9H11NOS/c1-7(12)10-9(11)8-5-3-2-4-6-8/h2-7,12H,1H3,(H,10,11). The summed E-state index contributed by atoms with van der Waals surface area (Å²) in [6.45, 7) is 1.81. The molecule has 0 bridgehead atoms. The van der Waals surface area contributed by atoms with Crippen LogP contribution in [0.5, 0.6) is 0 Å². The molecule has 3 heteroatoms. The predicted octanol–water partition coefficient (Wildman–Crippen LogP) is 1.69. The van der Waals surface area contributed by atoms with Gasteiger partial charge in [0.05, 0.1) is 5.37 Å². The predicted molar refractivity (Wildman–Crippen MR) is 52.4 cm³/mol. The largest absolute Gasteiger partial charge is 0.341 e. The Morgan fingerprint density at radius 3 is 2.50 bits per heavy atom. The van der Waals surface area contributed by atoms with E-state index in [9.17, 15) is 4.79 Å². The van der Waals surface area contributed by atoms with E-state index in [-0.39, 0.29) is 11.3 Å². The molecule has 0 saturated carbocycles. The number of hydrogen-bond acceptors (Lipinski definition) is 2. The average molecular weight is 181 g/mol. The molecule has 0 aromatic heterocycles. The van der Waals surface area contributed by atoms with E-state index in [1.807, 2.05) is 25.1 Å². The quantitative estimate of drug-likeness (QED) is 0.527. The van der Waals surface area contributed by atoms with Gasteiger partial charge in [-0.2, -0.15) is 12.6 Å². The number of rotatable bonds is 2. The van der Waals surface area contributed by atoms with Crippen LogP contribution < -0.4 is 5.32 Å². The zero-order chi connectivity index (χ0) is 8.97. The molecule has 1 atom stereocenters. The van der Waals surface area contributed by atoms with Crippen LogP contribution in [0.25, 0.3) is 0 Å². The molecule has 0 aliphatic carbocycles. The van der Waals surface area contributed by atoms with Crippen LogP contribution >= 0.6 is 12.6 Å². The molecular formula is C9H11NOS. The fourth-order valence-corrected chi connectivity index (χ4v) is 0.980. The van der Waals surface area contributed by atoms with E-state index in [1.54, 1.807) is 12.1 Å². The Kier molecular flexibility index (Phi) is 3.17. The number of carbonyl (C=O) groups excluding carboxylic acids is 1. The second-order valence-electron chi connectivity index (χ2n) is 2.52. The van der Waals surface area contributed by atoms with Gasteiger partial charge in [0.2, 0.25) is 0 Å². The van der Waals surface area contributed by atoms with Crippen molar-refractivity contribution in [1.29, 1.82) is 0 Å². The van der Waals surface area contributed by atoms with Crippen LogP contribution in [-0.2, 0) is 0 Å². The minimum Gasteiger partial charge on any atom is -0.341 e. The maximum absolute atomic E-state index is 11.3. The third-order valence-corrected chi connectivity index (χ3v) is 1.51. The maximum Gasteiger partial charge on any atom is 0.252 e. The van der Waals surface area contributed by atoms with Gasteiger partial charge in [0, 0.05) is 5.56 Å². The summed E-state index contributed by atoms with van der Waals surface area (Å²) in [6.07, 6.45) is 0. The third-order valence-electron chi connectivity index (χ3n) is 1.38. The maximum atomic E-state index is 11.3. The third kappa shape index (κ3) is 2.58. The fourth-order valence-electron chi connectivity index (χ4n) is 0.863. The number of thiol groups is 1. The lowest BCUT2D eigenvalue weighted by molar-refractivity contribution is 0.0952. The molecule has 64 valence electrons. The van der Waals surface area contributed by atoms with Crippen molar-refractivity contribution in [2.45, 2.75) is 12.3 Å². The van der Waals surface area contributed by atoms with Crippen molar-refractivity contribution >= 4 is 18.5 Å². The molecule has 2 nitrogen and oxygen atoms in total. The van der Waals surface area contributed by atoms with Crippen molar-refractivity contribution in [3.8, 4) is 0 Å². The molecule has 12 heavy (non-hydrogen) atoms. The van der Waals surface area contributed by atoms with E-state index in [1.165, 1.54) is 0 Å². The summed E-state index contributed by atoms with van der Waals surface area (Å²) >= 11 is 4.06. The van der Waals surface area contributed by atoms with E-state index < -0.39 is 0 Å². The topological polar surface area (TPSA) is 29.1 Å². The first kappa shape index (κ1) is 9.13. The molecule has 0 spiro atoms. The minimum absolute atomic E-state index is 0.0851. The molecule has 0 heterocycles.